The molecule has 1 aromatic rings. The van der Waals surface area contributed by atoms with E-state index in [0.29, 0.717) is 5.82 Å². The predicted molar refractivity (Wildman–Crippen MR) is 65.0 cm³/mol. The molecule has 1 aromatic heterocycles. The first-order valence-electron chi connectivity index (χ1n) is 5.54. The van der Waals surface area contributed by atoms with Gasteiger partial charge in [0.05, 0.1) is 6.04 Å². The van der Waals surface area contributed by atoms with Gasteiger partial charge in [-0.05, 0) is 24.5 Å². The molecule has 1 rings (SSSR count). The quantitative estimate of drug-likeness (QED) is 0.813. The van der Waals surface area contributed by atoms with Gasteiger partial charge in [-0.2, -0.15) is 0 Å². The summed E-state index contributed by atoms with van der Waals surface area (Å²) in [5, 5.41) is 2.75. The number of hydrogen-bond acceptors (Lipinski definition) is 3. The molecule has 0 aromatic carbocycles. The molecule has 3 N–H and O–H groups in total. The summed E-state index contributed by atoms with van der Waals surface area (Å²) in [6.07, 6.45) is 2.53. The van der Waals surface area contributed by atoms with Crippen molar-refractivity contribution < 1.29 is 4.79 Å². The van der Waals surface area contributed by atoms with Crippen molar-refractivity contribution in [3.05, 3.63) is 23.9 Å². The maximum Gasteiger partial charge on any atom is 0.242 e. The summed E-state index contributed by atoms with van der Waals surface area (Å²) in [5.41, 5.74) is 6.77. The van der Waals surface area contributed by atoms with Crippen molar-refractivity contribution in [2.75, 3.05) is 5.32 Å². The lowest BCUT2D eigenvalue weighted by molar-refractivity contribution is -0.118. The van der Waals surface area contributed by atoms with Gasteiger partial charge >= 0.3 is 0 Å². The molecule has 0 bridgehead atoms. The molecule has 16 heavy (non-hydrogen) atoms. The highest BCUT2D eigenvalue weighted by Crippen LogP contribution is 2.12. The molecule has 1 amide bonds. The minimum atomic E-state index is -0.480. The Bertz CT molecular complexity index is 365. The van der Waals surface area contributed by atoms with Crippen molar-refractivity contribution in [2.24, 2.45) is 11.7 Å². The fourth-order valence-corrected chi connectivity index (χ4v) is 1.33. The van der Waals surface area contributed by atoms with Crippen molar-refractivity contribution in [1.29, 1.82) is 0 Å². The minimum absolute atomic E-state index is 0.170. The average Bonchev–Trinajstić information content (AvgIpc) is 2.30. The molecular formula is C12H19N3O. The predicted octanol–water partition coefficient (Wildman–Crippen LogP) is 1.70. The zero-order valence-corrected chi connectivity index (χ0v) is 10.0. The second kappa shape index (κ2) is 5.61. The number of carbonyl (C=O) groups is 1. The van der Waals surface area contributed by atoms with Gasteiger partial charge in [-0.25, -0.2) is 4.98 Å². The van der Waals surface area contributed by atoms with Gasteiger partial charge in [0.25, 0.3) is 0 Å². The standard InChI is InChI=1S/C12H19N3O/c1-4-8(2)10(13)12(16)15-11-9(3)6-5-7-14-11/h5-8,10H,4,13H2,1-3H3,(H,14,15,16)/t8-,10-/m0/s1. The van der Waals surface area contributed by atoms with E-state index in [2.05, 4.69) is 10.3 Å². The lowest BCUT2D eigenvalue weighted by Gasteiger charge is -2.17. The molecule has 4 heteroatoms. The third-order valence-corrected chi connectivity index (χ3v) is 2.81. The molecule has 4 nitrogen and oxygen atoms in total. The van der Waals surface area contributed by atoms with Crippen LogP contribution in [-0.4, -0.2) is 16.9 Å². The van der Waals surface area contributed by atoms with Crippen molar-refractivity contribution in [3.63, 3.8) is 0 Å². The van der Waals surface area contributed by atoms with Crippen molar-refractivity contribution in [3.8, 4) is 0 Å². The second-order valence-electron chi connectivity index (χ2n) is 4.07. The highest BCUT2D eigenvalue weighted by atomic mass is 16.2. The lowest BCUT2D eigenvalue weighted by atomic mass is 9.99. The number of anilines is 1. The maximum atomic E-state index is 11.8. The second-order valence-corrected chi connectivity index (χ2v) is 4.07. The molecule has 2 atom stereocenters. The Morgan fingerprint density at radius 3 is 2.88 bits per heavy atom. The molecule has 1 heterocycles. The summed E-state index contributed by atoms with van der Waals surface area (Å²) in [5.74, 6) is 0.589. The largest absolute Gasteiger partial charge is 0.320 e. The third-order valence-electron chi connectivity index (χ3n) is 2.81. The molecule has 0 radical (unpaired) electrons. The summed E-state index contributed by atoms with van der Waals surface area (Å²) < 4.78 is 0. The van der Waals surface area contributed by atoms with Crippen LogP contribution in [0.1, 0.15) is 25.8 Å². The molecule has 0 saturated heterocycles. The van der Waals surface area contributed by atoms with Crippen LogP contribution in [0.3, 0.4) is 0 Å². The number of hydrogen-bond donors (Lipinski definition) is 2. The van der Waals surface area contributed by atoms with Gasteiger partial charge in [0.15, 0.2) is 0 Å². The molecule has 0 aliphatic carbocycles. The highest BCUT2D eigenvalue weighted by Gasteiger charge is 2.19. The van der Waals surface area contributed by atoms with E-state index in [1.165, 1.54) is 0 Å². The van der Waals surface area contributed by atoms with E-state index in [1.54, 1.807) is 6.20 Å². The van der Waals surface area contributed by atoms with Crippen molar-refractivity contribution in [1.82, 2.24) is 4.98 Å². The summed E-state index contributed by atoms with van der Waals surface area (Å²) in [6.45, 7) is 5.89. The van der Waals surface area contributed by atoms with Crippen LogP contribution in [0, 0.1) is 12.8 Å². The monoisotopic (exact) mass is 221 g/mol. The third kappa shape index (κ3) is 3.03. The van der Waals surface area contributed by atoms with E-state index in [0.717, 1.165) is 12.0 Å². The fourth-order valence-electron chi connectivity index (χ4n) is 1.33. The number of aryl methyl sites for hydroxylation is 1. The summed E-state index contributed by atoms with van der Waals surface area (Å²) >= 11 is 0. The molecular weight excluding hydrogens is 202 g/mol. The Hall–Kier alpha value is -1.42. The number of carbonyl (C=O) groups excluding carboxylic acids is 1. The van der Waals surface area contributed by atoms with Gasteiger partial charge in [-0.1, -0.05) is 26.3 Å². The van der Waals surface area contributed by atoms with E-state index in [4.69, 9.17) is 5.73 Å². The number of nitrogens with zero attached hydrogens (tertiary/aromatic N) is 1. The first-order valence-corrected chi connectivity index (χ1v) is 5.54. The SMILES string of the molecule is CC[C@H](C)[C@H](N)C(=O)Nc1ncccc1C. The lowest BCUT2D eigenvalue weighted by Crippen LogP contribution is -2.40. The molecule has 0 aliphatic rings. The van der Waals surface area contributed by atoms with Crippen LogP contribution in [0.4, 0.5) is 5.82 Å². The highest BCUT2D eigenvalue weighted by molar-refractivity contribution is 5.94. The van der Waals surface area contributed by atoms with Crippen LogP contribution in [0.15, 0.2) is 18.3 Å². The van der Waals surface area contributed by atoms with Crippen molar-refractivity contribution in [2.45, 2.75) is 33.2 Å². The topological polar surface area (TPSA) is 68.0 Å². The average molecular weight is 221 g/mol. The zero-order valence-electron chi connectivity index (χ0n) is 10.0. The number of nitrogens with one attached hydrogen (secondary N) is 1. The number of amides is 1. The van der Waals surface area contributed by atoms with E-state index in [1.807, 2.05) is 32.9 Å². The van der Waals surface area contributed by atoms with Crippen LogP contribution < -0.4 is 11.1 Å². The number of aromatic nitrogens is 1. The van der Waals surface area contributed by atoms with Gasteiger partial charge in [0.1, 0.15) is 5.82 Å². The number of nitrogens with two attached hydrogens (primary N) is 1. The normalized spacial score (nSPS) is 14.2. The fraction of sp³-hybridized carbons (Fsp3) is 0.500. The van der Waals surface area contributed by atoms with Crippen LogP contribution in [0.5, 0.6) is 0 Å². The molecule has 0 fully saturated rings. The van der Waals surface area contributed by atoms with Gasteiger partial charge in [-0.3, -0.25) is 4.79 Å². The molecule has 0 saturated carbocycles. The van der Waals surface area contributed by atoms with Gasteiger partial charge < -0.3 is 11.1 Å². The van der Waals surface area contributed by atoms with E-state index < -0.39 is 6.04 Å². The van der Waals surface area contributed by atoms with E-state index in [9.17, 15) is 4.79 Å². The first kappa shape index (κ1) is 12.6. The molecule has 88 valence electrons. The Morgan fingerprint density at radius 2 is 2.31 bits per heavy atom. The smallest absolute Gasteiger partial charge is 0.242 e. The summed E-state index contributed by atoms with van der Waals surface area (Å²) in [4.78, 5) is 15.9. The Kier molecular flexibility index (Phi) is 4.43. The van der Waals surface area contributed by atoms with E-state index in [-0.39, 0.29) is 11.8 Å². The maximum absolute atomic E-state index is 11.8. The van der Waals surface area contributed by atoms with Gasteiger partial charge in [0.2, 0.25) is 5.91 Å². The van der Waals surface area contributed by atoms with Crippen LogP contribution in [0.25, 0.3) is 0 Å². The minimum Gasteiger partial charge on any atom is -0.320 e. The van der Waals surface area contributed by atoms with E-state index >= 15 is 0 Å². The first-order chi connectivity index (χ1) is 7.56. The summed E-state index contributed by atoms with van der Waals surface area (Å²) in [7, 11) is 0. The Morgan fingerprint density at radius 1 is 1.62 bits per heavy atom. The Balaban J connectivity index is 2.68. The number of pyridine rings is 1. The number of rotatable bonds is 4. The van der Waals surface area contributed by atoms with Gasteiger partial charge in [-0.15, -0.1) is 0 Å². The van der Waals surface area contributed by atoms with Gasteiger partial charge in [0, 0.05) is 6.20 Å². The van der Waals surface area contributed by atoms with Crippen LogP contribution >= 0.6 is 0 Å². The van der Waals surface area contributed by atoms with Crippen molar-refractivity contribution >= 4 is 11.7 Å². The van der Waals surface area contributed by atoms with Crippen LogP contribution in [-0.2, 0) is 4.79 Å². The zero-order chi connectivity index (χ0) is 12.1. The van der Waals surface area contributed by atoms with Crippen LogP contribution in [0.2, 0.25) is 0 Å². The summed E-state index contributed by atoms with van der Waals surface area (Å²) in [6, 6.07) is 3.25. The molecule has 0 unspecified atom stereocenters. The molecule has 0 aliphatic heterocycles. The Labute approximate surface area is 96.3 Å². The molecule has 0 spiro atoms.